The van der Waals surface area contributed by atoms with Crippen molar-refractivity contribution in [1.82, 2.24) is 5.32 Å². The van der Waals surface area contributed by atoms with E-state index < -0.39 is 0 Å². The van der Waals surface area contributed by atoms with E-state index in [0.717, 1.165) is 6.54 Å². The molecule has 0 spiro atoms. The molecule has 0 saturated carbocycles. The Hall–Kier alpha value is -1.02. The fourth-order valence-corrected chi connectivity index (χ4v) is 2.67. The van der Waals surface area contributed by atoms with Gasteiger partial charge in [-0.3, -0.25) is 0 Å². The Morgan fingerprint density at radius 3 is 2.76 bits per heavy atom. The van der Waals surface area contributed by atoms with Crippen LogP contribution in [0.15, 0.2) is 24.3 Å². The molecule has 17 heavy (non-hydrogen) atoms. The Morgan fingerprint density at radius 1 is 1.29 bits per heavy atom. The van der Waals surface area contributed by atoms with Gasteiger partial charge in [-0.2, -0.15) is 0 Å². The van der Waals surface area contributed by atoms with E-state index in [9.17, 15) is 0 Å². The monoisotopic (exact) mass is 232 g/mol. The predicted octanol–water partition coefficient (Wildman–Crippen LogP) is 2.68. The van der Waals surface area contributed by atoms with Gasteiger partial charge in [0, 0.05) is 24.8 Å². The maximum Gasteiger partial charge on any atom is 0.0399 e. The molecule has 1 aromatic rings. The zero-order chi connectivity index (χ0) is 12.3. The minimum atomic E-state index is 0.571. The van der Waals surface area contributed by atoms with Crippen molar-refractivity contribution >= 4 is 5.69 Å². The summed E-state index contributed by atoms with van der Waals surface area (Å²) in [5.74, 6) is 0.675. The summed E-state index contributed by atoms with van der Waals surface area (Å²) >= 11 is 0. The number of anilines is 1. The van der Waals surface area contributed by atoms with Gasteiger partial charge in [0.05, 0.1) is 0 Å². The van der Waals surface area contributed by atoms with Gasteiger partial charge in [-0.1, -0.05) is 32.0 Å². The molecule has 1 N–H and O–H groups in total. The normalized spacial score (nSPS) is 17.1. The summed E-state index contributed by atoms with van der Waals surface area (Å²) in [6, 6.07) is 9.41. The fourth-order valence-electron chi connectivity index (χ4n) is 2.67. The number of fused-ring (bicyclic) bond motifs is 1. The summed E-state index contributed by atoms with van der Waals surface area (Å²) in [5, 5.41) is 3.44. The summed E-state index contributed by atoms with van der Waals surface area (Å²) in [7, 11) is 2.07. The summed E-state index contributed by atoms with van der Waals surface area (Å²) in [4.78, 5) is 2.54. The molecule has 0 radical (unpaired) electrons. The number of nitrogens with one attached hydrogen (secondary N) is 1. The maximum atomic E-state index is 3.44. The topological polar surface area (TPSA) is 15.3 Å². The van der Waals surface area contributed by atoms with Crippen LogP contribution in [-0.2, 0) is 6.42 Å². The molecular formula is C15H24N2. The van der Waals surface area contributed by atoms with Gasteiger partial charge in [-0.25, -0.2) is 0 Å². The lowest BCUT2D eigenvalue weighted by Gasteiger charge is -2.35. The van der Waals surface area contributed by atoms with Crippen LogP contribution in [0.3, 0.4) is 0 Å². The standard InChI is InChI=1S/C15H24N2/c1-12(2)14(16-3)11-17-10-6-8-13-7-4-5-9-15(13)17/h4-5,7,9,12,14,16H,6,8,10-11H2,1-3H3. The first-order chi connectivity index (χ1) is 8.22. The van der Waals surface area contributed by atoms with Crippen LogP contribution in [0, 0.1) is 5.92 Å². The van der Waals surface area contributed by atoms with E-state index >= 15 is 0 Å². The summed E-state index contributed by atoms with van der Waals surface area (Å²) in [6.45, 7) is 6.89. The highest BCUT2D eigenvalue weighted by Crippen LogP contribution is 2.27. The van der Waals surface area contributed by atoms with Crippen LogP contribution in [-0.4, -0.2) is 26.2 Å². The molecule has 2 heteroatoms. The first kappa shape index (κ1) is 12.4. The Balaban J connectivity index is 2.13. The second-order valence-electron chi connectivity index (χ2n) is 5.32. The summed E-state index contributed by atoms with van der Waals surface area (Å²) < 4.78 is 0. The zero-order valence-electron chi connectivity index (χ0n) is 11.2. The lowest BCUT2D eigenvalue weighted by molar-refractivity contribution is 0.420. The molecule has 0 saturated heterocycles. The van der Waals surface area contributed by atoms with Crippen molar-refractivity contribution in [3.63, 3.8) is 0 Å². The summed E-state index contributed by atoms with van der Waals surface area (Å²) in [5.41, 5.74) is 2.96. The molecule has 1 aliphatic heterocycles. The smallest absolute Gasteiger partial charge is 0.0399 e. The Labute approximate surface area is 105 Å². The van der Waals surface area contributed by atoms with Crippen molar-refractivity contribution in [2.45, 2.75) is 32.7 Å². The molecule has 1 atom stereocenters. The van der Waals surface area contributed by atoms with Gasteiger partial charge in [0.15, 0.2) is 0 Å². The summed E-state index contributed by atoms with van der Waals surface area (Å²) in [6.07, 6.45) is 2.52. The van der Waals surface area contributed by atoms with Gasteiger partial charge < -0.3 is 10.2 Å². The van der Waals surface area contributed by atoms with Gasteiger partial charge in [-0.15, -0.1) is 0 Å². The van der Waals surface area contributed by atoms with E-state index in [1.54, 1.807) is 0 Å². The third-order valence-electron chi connectivity index (χ3n) is 3.80. The molecule has 1 aromatic carbocycles. The molecule has 2 nitrogen and oxygen atoms in total. The molecule has 0 fully saturated rings. The lowest BCUT2D eigenvalue weighted by atomic mass is 9.99. The third kappa shape index (κ3) is 2.81. The number of benzene rings is 1. The lowest BCUT2D eigenvalue weighted by Crippen LogP contribution is -2.44. The van der Waals surface area contributed by atoms with Crippen LogP contribution in [0.2, 0.25) is 0 Å². The van der Waals surface area contributed by atoms with E-state index in [1.807, 2.05) is 0 Å². The highest BCUT2D eigenvalue weighted by molar-refractivity contribution is 5.55. The minimum Gasteiger partial charge on any atom is -0.370 e. The Bertz CT molecular complexity index is 360. The molecule has 1 heterocycles. The van der Waals surface area contributed by atoms with Crippen molar-refractivity contribution in [1.29, 1.82) is 0 Å². The Kier molecular flexibility index (Phi) is 4.06. The molecule has 0 bridgehead atoms. The molecule has 0 aromatic heterocycles. The van der Waals surface area contributed by atoms with Gasteiger partial charge in [0.25, 0.3) is 0 Å². The second kappa shape index (κ2) is 5.54. The first-order valence-electron chi connectivity index (χ1n) is 6.72. The number of likely N-dealkylation sites (N-methyl/N-ethyl adjacent to an activating group) is 1. The van der Waals surface area contributed by atoms with Crippen LogP contribution in [0.1, 0.15) is 25.8 Å². The number of hydrogen-bond acceptors (Lipinski definition) is 2. The zero-order valence-corrected chi connectivity index (χ0v) is 11.2. The SMILES string of the molecule is CNC(CN1CCCc2ccccc21)C(C)C. The van der Waals surface area contributed by atoms with Crippen LogP contribution >= 0.6 is 0 Å². The van der Waals surface area contributed by atoms with Crippen molar-refractivity contribution in [2.75, 3.05) is 25.0 Å². The molecule has 1 aliphatic rings. The first-order valence-corrected chi connectivity index (χ1v) is 6.72. The maximum absolute atomic E-state index is 3.44. The van der Waals surface area contributed by atoms with E-state index in [2.05, 4.69) is 55.4 Å². The van der Waals surface area contributed by atoms with Crippen LogP contribution in [0.25, 0.3) is 0 Å². The van der Waals surface area contributed by atoms with Crippen LogP contribution in [0.4, 0.5) is 5.69 Å². The second-order valence-corrected chi connectivity index (χ2v) is 5.32. The number of nitrogens with zero attached hydrogens (tertiary/aromatic N) is 1. The van der Waals surface area contributed by atoms with E-state index in [1.165, 1.54) is 30.6 Å². The predicted molar refractivity (Wildman–Crippen MR) is 74.7 cm³/mol. The largest absolute Gasteiger partial charge is 0.370 e. The quantitative estimate of drug-likeness (QED) is 0.858. The van der Waals surface area contributed by atoms with Crippen molar-refractivity contribution in [3.8, 4) is 0 Å². The average molecular weight is 232 g/mol. The molecule has 94 valence electrons. The highest BCUT2D eigenvalue weighted by atomic mass is 15.2. The van der Waals surface area contributed by atoms with Gasteiger partial charge >= 0.3 is 0 Å². The third-order valence-corrected chi connectivity index (χ3v) is 3.80. The molecule has 0 aliphatic carbocycles. The van der Waals surface area contributed by atoms with Crippen molar-refractivity contribution < 1.29 is 0 Å². The molecule has 0 amide bonds. The van der Waals surface area contributed by atoms with E-state index in [0.29, 0.717) is 12.0 Å². The van der Waals surface area contributed by atoms with Crippen LogP contribution in [0.5, 0.6) is 0 Å². The van der Waals surface area contributed by atoms with E-state index in [4.69, 9.17) is 0 Å². The number of para-hydroxylation sites is 1. The van der Waals surface area contributed by atoms with Crippen molar-refractivity contribution in [2.24, 2.45) is 5.92 Å². The average Bonchev–Trinajstić information content (AvgIpc) is 2.35. The van der Waals surface area contributed by atoms with Crippen LogP contribution < -0.4 is 10.2 Å². The van der Waals surface area contributed by atoms with Gasteiger partial charge in [-0.05, 0) is 37.4 Å². The Morgan fingerprint density at radius 2 is 2.06 bits per heavy atom. The molecular weight excluding hydrogens is 208 g/mol. The fraction of sp³-hybridized carbons (Fsp3) is 0.600. The molecule has 1 unspecified atom stereocenters. The van der Waals surface area contributed by atoms with E-state index in [-0.39, 0.29) is 0 Å². The minimum absolute atomic E-state index is 0.571. The highest BCUT2D eigenvalue weighted by Gasteiger charge is 2.20. The van der Waals surface area contributed by atoms with Crippen molar-refractivity contribution in [3.05, 3.63) is 29.8 Å². The number of hydrogen-bond donors (Lipinski definition) is 1. The van der Waals surface area contributed by atoms with Gasteiger partial charge in [0.1, 0.15) is 0 Å². The number of aryl methyl sites for hydroxylation is 1. The molecule has 2 rings (SSSR count). The van der Waals surface area contributed by atoms with Gasteiger partial charge in [0.2, 0.25) is 0 Å². The number of rotatable bonds is 4.